The highest BCUT2D eigenvalue weighted by molar-refractivity contribution is 7.48. The van der Waals surface area contributed by atoms with Gasteiger partial charge in [0.25, 0.3) is 0 Å². The van der Waals surface area contributed by atoms with Gasteiger partial charge in [0.15, 0.2) is 5.90 Å². The van der Waals surface area contributed by atoms with Gasteiger partial charge in [-0.3, -0.25) is 13.6 Å². The van der Waals surface area contributed by atoms with E-state index in [1.807, 2.05) is 25.1 Å². The zero-order valence-electron chi connectivity index (χ0n) is 26.8. The van der Waals surface area contributed by atoms with E-state index in [2.05, 4.69) is 4.99 Å². The fourth-order valence-corrected chi connectivity index (χ4v) is 6.65. The van der Waals surface area contributed by atoms with Crippen LogP contribution in [0.15, 0.2) is 41.4 Å². The Morgan fingerprint density at radius 2 is 1.57 bits per heavy atom. The van der Waals surface area contributed by atoms with Gasteiger partial charge in [0, 0.05) is 11.9 Å². The van der Waals surface area contributed by atoms with Crippen LogP contribution in [0.25, 0.3) is 0 Å². The molecule has 0 N–H and O–H groups in total. The van der Waals surface area contributed by atoms with Crippen LogP contribution in [-0.4, -0.2) is 42.5 Å². The van der Waals surface area contributed by atoms with Gasteiger partial charge in [-0.25, -0.2) is 9.56 Å². The molecule has 246 valence electrons. The van der Waals surface area contributed by atoms with Crippen LogP contribution >= 0.6 is 19.4 Å². The number of nitrogens with zero attached hydrogens (tertiary/aromatic N) is 1. The molecule has 0 aliphatic carbocycles. The SMILES string of the molecule is CC1=NC(CCc2ccc(OCCCc3ccc(C)c(Cl)c3)c(C(F)(F)F)c2)(COP(=O)(OC(C)(C)C)OC(C)(C)C)CO1. The van der Waals surface area contributed by atoms with Crippen LogP contribution in [0.2, 0.25) is 5.02 Å². The number of ether oxygens (including phenoxy) is 2. The first-order chi connectivity index (χ1) is 20.2. The van der Waals surface area contributed by atoms with Gasteiger partial charge in [0.05, 0.1) is 30.0 Å². The number of aryl methyl sites for hydroxylation is 3. The topological polar surface area (TPSA) is 75.6 Å². The summed E-state index contributed by atoms with van der Waals surface area (Å²) in [5.74, 6) is 0.184. The molecule has 1 aliphatic rings. The van der Waals surface area contributed by atoms with Crippen molar-refractivity contribution < 1.29 is 40.8 Å². The Labute approximate surface area is 264 Å². The predicted octanol–water partition coefficient (Wildman–Crippen LogP) is 9.55. The van der Waals surface area contributed by atoms with Crippen LogP contribution in [0.1, 0.15) is 83.6 Å². The number of benzene rings is 2. The van der Waals surface area contributed by atoms with Gasteiger partial charge >= 0.3 is 14.0 Å². The Bertz CT molecular complexity index is 1350. The molecule has 44 heavy (non-hydrogen) atoms. The van der Waals surface area contributed by atoms with Crippen molar-refractivity contribution in [1.29, 1.82) is 0 Å². The lowest BCUT2D eigenvalue weighted by Crippen LogP contribution is -2.36. The zero-order chi connectivity index (χ0) is 33.0. The van der Waals surface area contributed by atoms with Crippen molar-refractivity contribution in [3.8, 4) is 5.75 Å². The zero-order valence-corrected chi connectivity index (χ0v) is 28.4. The molecule has 12 heteroatoms. The molecule has 0 spiro atoms. The van der Waals surface area contributed by atoms with Gasteiger partial charge in [-0.15, -0.1) is 0 Å². The summed E-state index contributed by atoms with van der Waals surface area (Å²) in [6, 6.07) is 9.79. The highest BCUT2D eigenvalue weighted by Crippen LogP contribution is 2.56. The second kappa shape index (κ2) is 14.1. The lowest BCUT2D eigenvalue weighted by Gasteiger charge is -2.33. The summed E-state index contributed by atoms with van der Waals surface area (Å²) in [4.78, 5) is 4.59. The molecule has 0 aromatic heterocycles. The maximum absolute atomic E-state index is 14.1. The Kier molecular flexibility index (Phi) is 11.7. The van der Waals surface area contributed by atoms with Gasteiger partial charge < -0.3 is 9.47 Å². The monoisotopic (exact) mass is 661 g/mol. The molecule has 1 aliphatic heterocycles. The van der Waals surface area contributed by atoms with E-state index in [1.54, 1.807) is 54.5 Å². The van der Waals surface area contributed by atoms with Crippen LogP contribution in [0.5, 0.6) is 5.75 Å². The van der Waals surface area contributed by atoms with Crippen molar-refractivity contribution in [2.45, 2.75) is 104 Å². The third-order valence-electron chi connectivity index (χ3n) is 6.54. The van der Waals surface area contributed by atoms with Crippen LogP contribution in [0.4, 0.5) is 13.2 Å². The molecule has 3 rings (SSSR count). The molecule has 1 heterocycles. The normalized spacial score (nSPS) is 17.9. The quantitative estimate of drug-likeness (QED) is 0.157. The molecular weight excluding hydrogens is 618 g/mol. The second-order valence-electron chi connectivity index (χ2n) is 13.1. The minimum absolute atomic E-state index is 0.114. The number of halogens is 4. The largest absolute Gasteiger partial charge is 0.493 e. The van der Waals surface area contributed by atoms with E-state index in [0.717, 1.165) is 17.2 Å². The molecule has 0 fully saturated rings. The van der Waals surface area contributed by atoms with E-state index in [4.69, 9.17) is 34.6 Å². The van der Waals surface area contributed by atoms with E-state index in [0.29, 0.717) is 29.3 Å². The number of hydrogen-bond acceptors (Lipinski definition) is 7. The number of aliphatic imine (C=N–C) groups is 1. The molecule has 0 saturated carbocycles. The summed E-state index contributed by atoms with van der Waals surface area (Å²) in [7, 11) is -4.04. The van der Waals surface area contributed by atoms with Crippen molar-refractivity contribution in [3.63, 3.8) is 0 Å². The summed E-state index contributed by atoms with van der Waals surface area (Å²) in [6.07, 6.45) is -2.96. The number of hydrogen-bond donors (Lipinski definition) is 0. The molecule has 2 aromatic rings. The Balaban J connectivity index is 1.71. The van der Waals surface area contributed by atoms with Gasteiger partial charge in [0.1, 0.15) is 17.9 Å². The summed E-state index contributed by atoms with van der Waals surface area (Å²) in [5, 5.41) is 0.655. The highest BCUT2D eigenvalue weighted by Gasteiger charge is 2.43. The molecule has 0 bridgehead atoms. The lowest BCUT2D eigenvalue weighted by molar-refractivity contribution is -0.139. The van der Waals surface area contributed by atoms with Crippen LogP contribution in [0, 0.1) is 6.92 Å². The Morgan fingerprint density at radius 1 is 0.955 bits per heavy atom. The number of phosphoric acid groups is 1. The molecule has 0 saturated heterocycles. The van der Waals surface area contributed by atoms with Gasteiger partial charge in [-0.05, 0) is 109 Å². The van der Waals surface area contributed by atoms with Gasteiger partial charge in [0.2, 0.25) is 0 Å². The van der Waals surface area contributed by atoms with E-state index in [-0.39, 0.29) is 38.4 Å². The van der Waals surface area contributed by atoms with Crippen molar-refractivity contribution in [1.82, 2.24) is 0 Å². The molecule has 1 atom stereocenters. The van der Waals surface area contributed by atoms with E-state index < -0.39 is 36.3 Å². The molecular formula is C32H44ClF3NO6P. The van der Waals surface area contributed by atoms with Crippen LogP contribution in [-0.2, 0) is 41.9 Å². The summed E-state index contributed by atoms with van der Waals surface area (Å²) < 4.78 is 84.2. The molecule has 1 unspecified atom stereocenters. The average Bonchev–Trinajstić information content (AvgIpc) is 3.25. The van der Waals surface area contributed by atoms with Gasteiger partial charge in [-0.2, -0.15) is 13.2 Å². The van der Waals surface area contributed by atoms with Gasteiger partial charge in [-0.1, -0.05) is 29.8 Å². The Hall–Kier alpha value is -2.10. The van der Waals surface area contributed by atoms with Crippen molar-refractivity contribution in [2.75, 3.05) is 19.8 Å². The van der Waals surface area contributed by atoms with E-state index in [1.165, 1.54) is 6.07 Å². The molecule has 7 nitrogen and oxygen atoms in total. The van der Waals surface area contributed by atoms with Crippen LogP contribution in [0.3, 0.4) is 0 Å². The first-order valence-electron chi connectivity index (χ1n) is 14.6. The highest BCUT2D eigenvalue weighted by atomic mass is 35.5. The van der Waals surface area contributed by atoms with Crippen LogP contribution < -0.4 is 4.74 Å². The molecule has 0 radical (unpaired) electrons. The maximum atomic E-state index is 14.1. The molecule has 0 amide bonds. The number of rotatable bonds is 13. The second-order valence-corrected chi connectivity index (χ2v) is 15.1. The Morgan fingerprint density at radius 3 is 2.11 bits per heavy atom. The minimum atomic E-state index is -4.61. The lowest BCUT2D eigenvalue weighted by atomic mass is 9.93. The standard InChI is InChI=1S/C32H44ClF3NO6P/c1-22-11-12-24(19-27(22)33)10-9-17-39-28-14-13-25(18-26(28)32(34,35)36)15-16-31(20-40-23(2)37-31)21-41-44(38,42-29(3,4)5)43-30(6,7)8/h11-14,18-19H,9-10,15-17,20-21H2,1-8H3. The smallest absolute Gasteiger partial charge is 0.475 e. The number of phosphoric ester groups is 1. The van der Waals surface area contributed by atoms with E-state index >= 15 is 0 Å². The predicted molar refractivity (Wildman–Crippen MR) is 167 cm³/mol. The van der Waals surface area contributed by atoms with E-state index in [9.17, 15) is 17.7 Å². The van der Waals surface area contributed by atoms with Crippen molar-refractivity contribution >= 4 is 25.3 Å². The molecule has 2 aromatic carbocycles. The third-order valence-corrected chi connectivity index (χ3v) is 8.93. The summed E-state index contributed by atoms with van der Waals surface area (Å²) in [5.41, 5.74) is -1.09. The minimum Gasteiger partial charge on any atom is -0.493 e. The maximum Gasteiger partial charge on any atom is 0.475 e. The fourth-order valence-electron chi connectivity index (χ4n) is 4.56. The fraction of sp³-hybridized carbons (Fsp3) is 0.594. The van der Waals surface area contributed by atoms with Crippen molar-refractivity contribution in [3.05, 3.63) is 63.7 Å². The first-order valence-corrected chi connectivity index (χ1v) is 16.4. The van der Waals surface area contributed by atoms with Crippen molar-refractivity contribution in [2.24, 2.45) is 4.99 Å². The first kappa shape index (κ1) is 36.4. The third kappa shape index (κ3) is 11.4. The summed E-state index contributed by atoms with van der Waals surface area (Å²) in [6.45, 7) is 14.0. The average molecular weight is 662 g/mol. The summed E-state index contributed by atoms with van der Waals surface area (Å²) >= 11 is 6.17. The number of alkyl halides is 3.